The van der Waals surface area contributed by atoms with E-state index in [0.29, 0.717) is 0 Å². The summed E-state index contributed by atoms with van der Waals surface area (Å²) in [7, 11) is 0. The first kappa shape index (κ1) is 8.48. The standard InChI is InChI=1S/C9H15/c1-4-6-8-9(3)7-5-2/h4,7H,1-2,5-6,8H2,3H3. The van der Waals surface area contributed by atoms with Gasteiger partial charge in [-0.2, -0.15) is 0 Å². The Morgan fingerprint density at radius 3 is 2.67 bits per heavy atom. The van der Waals surface area contributed by atoms with Crippen molar-refractivity contribution < 1.29 is 0 Å². The molecular formula is C9H15. The number of allylic oxidation sites excluding steroid dienone is 3. The lowest BCUT2D eigenvalue weighted by molar-refractivity contribution is 0.970. The Bertz CT molecular complexity index is 98.6. The minimum atomic E-state index is 0.906. The molecule has 51 valence electrons. The summed E-state index contributed by atoms with van der Waals surface area (Å²) < 4.78 is 0. The summed E-state index contributed by atoms with van der Waals surface area (Å²) in [5, 5.41) is 0. The lowest BCUT2D eigenvalue weighted by atomic mass is 10.1. The lowest BCUT2D eigenvalue weighted by Gasteiger charge is -1.94. The Kier molecular flexibility index (Phi) is 5.29. The van der Waals surface area contributed by atoms with Gasteiger partial charge in [-0.25, -0.2) is 0 Å². The summed E-state index contributed by atoms with van der Waals surface area (Å²) in [5.41, 5.74) is 1.42. The van der Waals surface area contributed by atoms with Gasteiger partial charge in [-0.05, 0) is 33.1 Å². The summed E-state index contributed by atoms with van der Waals surface area (Å²) in [6.07, 6.45) is 7.23. The van der Waals surface area contributed by atoms with Gasteiger partial charge in [-0.3, -0.25) is 0 Å². The van der Waals surface area contributed by atoms with E-state index in [-0.39, 0.29) is 0 Å². The molecule has 0 saturated heterocycles. The molecule has 0 aromatic rings. The highest BCUT2D eigenvalue weighted by atomic mass is 13.9. The van der Waals surface area contributed by atoms with E-state index in [1.54, 1.807) is 0 Å². The molecule has 0 aromatic carbocycles. The van der Waals surface area contributed by atoms with Gasteiger partial charge in [-0.15, -0.1) is 6.58 Å². The molecule has 1 radical (unpaired) electrons. The molecule has 0 unspecified atom stereocenters. The molecule has 0 aromatic heterocycles. The number of rotatable bonds is 4. The maximum Gasteiger partial charge on any atom is -0.0288 e. The Morgan fingerprint density at radius 2 is 2.22 bits per heavy atom. The number of hydrogen-bond acceptors (Lipinski definition) is 0. The highest BCUT2D eigenvalue weighted by Gasteiger charge is 1.83. The van der Waals surface area contributed by atoms with E-state index in [2.05, 4.69) is 26.5 Å². The molecule has 0 amide bonds. The third kappa shape index (κ3) is 5.35. The van der Waals surface area contributed by atoms with Gasteiger partial charge < -0.3 is 0 Å². The minimum absolute atomic E-state index is 0.906. The van der Waals surface area contributed by atoms with Crippen LogP contribution in [0.25, 0.3) is 0 Å². The Morgan fingerprint density at radius 1 is 1.56 bits per heavy atom. The first-order valence-corrected chi connectivity index (χ1v) is 3.37. The maximum atomic E-state index is 3.73. The summed E-state index contributed by atoms with van der Waals surface area (Å²) in [6.45, 7) is 9.52. The van der Waals surface area contributed by atoms with Gasteiger partial charge in [0.1, 0.15) is 0 Å². The van der Waals surface area contributed by atoms with Crippen LogP contribution in [0.5, 0.6) is 0 Å². The van der Waals surface area contributed by atoms with Crippen LogP contribution in [0.2, 0.25) is 0 Å². The van der Waals surface area contributed by atoms with Crippen molar-refractivity contribution in [2.24, 2.45) is 0 Å². The average molecular weight is 123 g/mol. The Balaban J connectivity index is 3.36. The zero-order valence-corrected chi connectivity index (χ0v) is 6.19. The van der Waals surface area contributed by atoms with E-state index in [9.17, 15) is 0 Å². The van der Waals surface area contributed by atoms with Gasteiger partial charge in [0.2, 0.25) is 0 Å². The van der Waals surface area contributed by atoms with Crippen LogP contribution < -0.4 is 0 Å². The fourth-order valence-corrected chi connectivity index (χ4v) is 0.678. The van der Waals surface area contributed by atoms with Crippen LogP contribution in [0.3, 0.4) is 0 Å². The molecule has 0 fully saturated rings. The third-order valence-corrected chi connectivity index (χ3v) is 1.24. The predicted octanol–water partition coefficient (Wildman–Crippen LogP) is 3.12. The molecule has 0 spiro atoms. The van der Waals surface area contributed by atoms with Crippen molar-refractivity contribution in [2.45, 2.75) is 26.2 Å². The first-order valence-electron chi connectivity index (χ1n) is 3.37. The van der Waals surface area contributed by atoms with Crippen LogP contribution in [0, 0.1) is 6.92 Å². The van der Waals surface area contributed by atoms with Gasteiger partial charge >= 0.3 is 0 Å². The van der Waals surface area contributed by atoms with Crippen molar-refractivity contribution in [3.05, 3.63) is 31.2 Å². The van der Waals surface area contributed by atoms with Gasteiger partial charge in [-0.1, -0.05) is 17.7 Å². The molecule has 0 rings (SSSR count). The second-order valence-corrected chi connectivity index (χ2v) is 2.17. The number of hydrogen-bond donors (Lipinski definition) is 0. The van der Waals surface area contributed by atoms with E-state index in [1.807, 2.05) is 6.08 Å². The molecule has 9 heavy (non-hydrogen) atoms. The highest BCUT2D eigenvalue weighted by Crippen LogP contribution is 2.04. The van der Waals surface area contributed by atoms with Crippen molar-refractivity contribution in [1.29, 1.82) is 0 Å². The average Bonchev–Trinajstić information content (AvgIpc) is 1.85. The minimum Gasteiger partial charge on any atom is -0.103 e. The molecule has 0 nitrogen and oxygen atoms in total. The van der Waals surface area contributed by atoms with Crippen LogP contribution >= 0.6 is 0 Å². The molecule has 0 heterocycles. The summed E-state index contributed by atoms with van der Waals surface area (Å²) in [5.74, 6) is 0. The SMILES string of the molecule is [CH2]CC=C(C)CCC=C. The molecule has 0 N–H and O–H groups in total. The van der Waals surface area contributed by atoms with E-state index in [4.69, 9.17) is 0 Å². The Hall–Kier alpha value is -0.520. The van der Waals surface area contributed by atoms with Gasteiger partial charge in [0.15, 0.2) is 0 Å². The molecule has 0 aliphatic carbocycles. The van der Waals surface area contributed by atoms with Crippen molar-refractivity contribution in [3.8, 4) is 0 Å². The van der Waals surface area contributed by atoms with Crippen molar-refractivity contribution in [3.63, 3.8) is 0 Å². The third-order valence-electron chi connectivity index (χ3n) is 1.24. The second-order valence-electron chi connectivity index (χ2n) is 2.17. The highest BCUT2D eigenvalue weighted by molar-refractivity contribution is 4.99. The summed E-state index contributed by atoms with van der Waals surface area (Å²) in [4.78, 5) is 0. The molecule has 0 heteroatoms. The maximum absolute atomic E-state index is 3.73. The van der Waals surface area contributed by atoms with Crippen LogP contribution in [-0.4, -0.2) is 0 Å². The van der Waals surface area contributed by atoms with Gasteiger partial charge in [0.05, 0.1) is 0 Å². The molecule has 0 aliphatic rings. The molecule has 0 saturated carbocycles. The quantitative estimate of drug-likeness (QED) is 0.504. The van der Waals surface area contributed by atoms with Crippen LogP contribution in [-0.2, 0) is 0 Å². The largest absolute Gasteiger partial charge is 0.103 e. The van der Waals surface area contributed by atoms with Crippen molar-refractivity contribution in [1.82, 2.24) is 0 Å². The zero-order valence-electron chi connectivity index (χ0n) is 6.19. The van der Waals surface area contributed by atoms with Gasteiger partial charge in [0.25, 0.3) is 0 Å². The fraction of sp³-hybridized carbons (Fsp3) is 0.444. The van der Waals surface area contributed by atoms with E-state index >= 15 is 0 Å². The van der Waals surface area contributed by atoms with Crippen LogP contribution in [0.4, 0.5) is 0 Å². The molecule has 0 aliphatic heterocycles. The zero-order chi connectivity index (χ0) is 7.11. The Labute approximate surface area is 58.3 Å². The van der Waals surface area contributed by atoms with E-state index < -0.39 is 0 Å². The fourth-order valence-electron chi connectivity index (χ4n) is 0.678. The smallest absolute Gasteiger partial charge is 0.0288 e. The predicted molar refractivity (Wildman–Crippen MR) is 43.2 cm³/mol. The second kappa shape index (κ2) is 5.61. The van der Waals surface area contributed by atoms with E-state index in [0.717, 1.165) is 19.3 Å². The molecule has 0 bridgehead atoms. The van der Waals surface area contributed by atoms with E-state index in [1.165, 1.54) is 5.57 Å². The van der Waals surface area contributed by atoms with Gasteiger partial charge in [0, 0.05) is 0 Å². The van der Waals surface area contributed by atoms with Crippen molar-refractivity contribution >= 4 is 0 Å². The van der Waals surface area contributed by atoms with Crippen molar-refractivity contribution in [2.75, 3.05) is 0 Å². The topological polar surface area (TPSA) is 0 Å². The normalized spacial score (nSPS) is 11.6. The summed E-state index contributed by atoms with van der Waals surface area (Å²) in [6, 6.07) is 0. The first-order chi connectivity index (χ1) is 4.31. The van der Waals surface area contributed by atoms with Crippen LogP contribution in [0.1, 0.15) is 26.2 Å². The summed E-state index contributed by atoms with van der Waals surface area (Å²) >= 11 is 0. The lowest BCUT2D eigenvalue weighted by Crippen LogP contribution is -1.73. The van der Waals surface area contributed by atoms with Crippen LogP contribution in [0.15, 0.2) is 24.3 Å². The molecular weight excluding hydrogens is 108 g/mol. The molecule has 0 atom stereocenters. The monoisotopic (exact) mass is 123 g/mol.